The summed E-state index contributed by atoms with van der Waals surface area (Å²) in [6.45, 7) is 1.17. The largest absolute Gasteiger partial charge is 0.368 e. The number of carbonyl (C=O) groups excluding carboxylic acids is 2. The molecule has 0 unspecified atom stereocenters. The molecule has 3 N–H and O–H groups in total. The van der Waals surface area contributed by atoms with E-state index in [0.29, 0.717) is 18.7 Å². The van der Waals surface area contributed by atoms with Crippen LogP contribution in [0.3, 0.4) is 0 Å². The van der Waals surface area contributed by atoms with E-state index >= 15 is 0 Å². The molecule has 0 saturated carbocycles. The Hall–Kier alpha value is -2.96. The lowest BCUT2D eigenvalue weighted by atomic mass is 9.94. The molecular weight excluding hydrogens is 342 g/mol. The molecule has 27 heavy (non-hydrogen) atoms. The third-order valence-electron chi connectivity index (χ3n) is 5.19. The van der Waals surface area contributed by atoms with E-state index in [1.165, 1.54) is 0 Å². The Balaban J connectivity index is 1.44. The summed E-state index contributed by atoms with van der Waals surface area (Å²) in [7, 11) is 0. The summed E-state index contributed by atoms with van der Waals surface area (Å²) >= 11 is 0. The third-order valence-corrected chi connectivity index (χ3v) is 5.19. The molecule has 2 aliphatic rings. The van der Waals surface area contributed by atoms with Crippen LogP contribution in [-0.4, -0.2) is 28.3 Å². The molecule has 0 atom stereocenters. The van der Waals surface area contributed by atoms with Crippen LogP contribution in [0, 0.1) is 0 Å². The van der Waals surface area contributed by atoms with Gasteiger partial charge in [-0.3, -0.25) is 9.59 Å². The number of nitrogens with zero attached hydrogens (tertiary/aromatic N) is 3. The molecule has 0 bridgehead atoms. The van der Waals surface area contributed by atoms with Crippen LogP contribution in [0.5, 0.6) is 0 Å². The number of anilines is 2. The number of nitrogens with one attached hydrogen (secondary N) is 1. The van der Waals surface area contributed by atoms with Crippen LogP contribution in [0.1, 0.15) is 53.0 Å². The molecule has 4 rings (SSSR count). The lowest BCUT2D eigenvalue weighted by Gasteiger charge is -2.18. The average Bonchev–Trinajstić information content (AvgIpc) is 3.11. The number of hydrogen-bond acceptors (Lipinski definition) is 5. The van der Waals surface area contributed by atoms with Gasteiger partial charge >= 0.3 is 0 Å². The van der Waals surface area contributed by atoms with Gasteiger partial charge in [-0.2, -0.15) is 0 Å². The molecule has 1 aromatic carbocycles. The Kier molecular flexibility index (Phi) is 4.75. The van der Waals surface area contributed by atoms with Crippen molar-refractivity contribution in [3.8, 4) is 0 Å². The Labute approximate surface area is 158 Å². The van der Waals surface area contributed by atoms with Crippen LogP contribution in [0.25, 0.3) is 0 Å². The van der Waals surface area contributed by atoms with Crippen molar-refractivity contribution in [1.29, 1.82) is 0 Å². The molecule has 1 aliphatic carbocycles. The number of fused-ring (bicyclic) bond motifs is 1. The zero-order valence-electron chi connectivity index (χ0n) is 15.2. The second kappa shape index (κ2) is 7.34. The predicted octanol–water partition coefficient (Wildman–Crippen LogP) is 1.99. The highest BCUT2D eigenvalue weighted by Gasteiger charge is 2.22. The minimum atomic E-state index is -0.221. The van der Waals surface area contributed by atoms with Gasteiger partial charge in [0, 0.05) is 36.5 Å². The van der Waals surface area contributed by atoms with Gasteiger partial charge in [-0.25, -0.2) is 9.97 Å². The number of rotatable bonds is 4. The van der Waals surface area contributed by atoms with Crippen molar-refractivity contribution in [2.45, 2.75) is 45.1 Å². The smallest absolute Gasteiger partial charge is 0.270 e. The maximum atomic E-state index is 12.7. The summed E-state index contributed by atoms with van der Waals surface area (Å²) in [4.78, 5) is 34.7. The first-order valence-electron chi connectivity index (χ1n) is 9.44. The van der Waals surface area contributed by atoms with E-state index in [1.54, 1.807) is 4.90 Å². The van der Waals surface area contributed by atoms with E-state index in [2.05, 4.69) is 15.3 Å². The lowest BCUT2D eigenvalue weighted by Crippen LogP contribution is -2.27. The first-order valence-corrected chi connectivity index (χ1v) is 9.44. The van der Waals surface area contributed by atoms with Crippen LogP contribution in [0.4, 0.5) is 11.6 Å². The van der Waals surface area contributed by atoms with Crippen molar-refractivity contribution in [3.05, 3.63) is 46.8 Å². The average molecular weight is 365 g/mol. The minimum absolute atomic E-state index is 0.153. The van der Waals surface area contributed by atoms with E-state index in [1.807, 2.05) is 24.3 Å². The van der Waals surface area contributed by atoms with Crippen LogP contribution in [-0.2, 0) is 24.2 Å². The molecule has 0 radical (unpaired) electrons. The molecule has 1 fully saturated rings. The van der Waals surface area contributed by atoms with E-state index < -0.39 is 0 Å². The van der Waals surface area contributed by atoms with E-state index in [9.17, 15) is 9.59 Å². The fourth-order valence-corrected chi connectivity index (χ4v) is 3.78. The fourth-order valence-electron chi connectivity index (χ4n) is 3.78. The van der Waals surface area contributed by atoms with Gasteiger partial charge < -0.3 is 16.0 Å². The maximum absolute atomic E-state index is 12.7. The monoisotopic (exact) mass is 365 g/mol. The molecule has 7 heteroatoms. The van der Waals surface area contributed by atoms with E-state index in [0.717, 1.165) is 61.2 Å². The first-order chi connectivity index (χ1) is 13.1. The van der Waals surface area contributed by atoms with Crippen molar-refractivity contribution in [1.82, 2.24) is 15.3 Å². The number of aryl methyl sites for hydroxylation is 1. The number of benzene rings is 1. The van der Waals surface area contributed by atoms with E-state index in [-0.39, 0.29) is 17.8 Å². The summed E-state index contributed by atoms with van der Waals surface area (Å²) < 4.78 is 0. The highest BCUT2D eigenvalue weighted by molar-refractivity contribution is 5.95. The topological polar surface area (TPSA) is 101 Å². The third kappa shape index (κ3) is 3.63. The Morgan fingerprint density at radius 2 is 1.85 bits per heavy atom. The second-order valence-corrected chi connectivity index (χ2v) is 7.06. The first kappa shape index (κ1) is 17.5. The van der Waals surface area contributed by atoms with Gasteiger partial charge in [-0.15, -0.1) is 0 Å². The van der Waals surface area contributed by atoms with E-state index in [4.69, 9.17) is 5.73 Å². The number of hydrogen-bond donors (Lipinski definition) is 2. The second-order valence-electron chi connectivity index (χ2n) is 7.06. The zero-order chi connectivity index (χ0) is 18.8. The van der Waals surface area contributed by atoms with Gasteiger partial charge in [0.2, 0.25) is 11.9 Å². The number of amides is 2. The molecular formula is C20H23N5O2. The molecule has 1 aliphatic heterocycles. The molecule has 0 spiro atoms. The summed E-state index contributed by atoms with van der Waals surface area (Å²) in [6.07, 6.45) is 5.29. The van der Waals surface area contributed by atoms with Crippen LogP contribution < -0.4 is 16.0 Å². The van der Waals surface area contributed by atoms with Crippen molar-refractivity contribution in [2.24, 2.45) is 0 Å². The molecule has 2 heterocycles. The molecule has 140 valence electrons. The fraction of sp³-hybridized carbons (Fsp3) is 0.400. The Bertz CT molecular complexity index is 879. The van der Waals surface area contributed by atoms with Crippen molar-refractivity contribution < 1.29 is 9.59 Å². The Morgan fingerprint density at radius 3 is 2.59 bits per heavy atom. The van der Waals surface area contributed by atoms with Gasteiger partial charge in [0.1, 0.15) is 5.69 Å². The molecule has 2 aromatic rings. The van der Waals surface area contributed by atoms with Crippen LogP contribution in [0.2, 0.25) is 0 Å². The van der Waals surface area contributed by atoms with Gasteiger partial charge in [0.15, 0.2) is 0 Å². The normalized spacial score (nSPS) is 16.3. The molecule has 1 saturated heterocycles. The summed E-state index contributed by atoms with van der Waals surface area (Å²) in [6, 6.07) is 7.72. The highest BCUT2D eigenvalue weighted by Crippen LogP contribution is 2.23. The van der Waals surface area contributed by atoms with Gasteiger partial charge in [0.25, 0.3) is 5.91 Å². The van der Waals surface area contributed by atoms with Crippen molar-refractivity contribution >= 4 is 23.5 Å². The number of nitrogen functional groups attached to an aromatic ring is 1. The predicted molar refractivity (Wildman–Crippen MR) is 102 cm³/mol. The molecule has 2 amide bonds. The SMILES string of the molecule is Nc1nc2c(c(C(=O)NCc3ccc(N4CCCC4=O)cc3)n1)CCCC2. The van der Waals surface area contributed by atoms with Crippen molar-refractivity contribution in [3.63, 3.8) is 0 Å². The van der Waals surface area contributed by atoms with Gasteiger partial charge in [-0.05, 0) is 49.8 Å². The number of carbonyl (C=O) groups is 2. The van der Waals surface area contributed by atoms with Gasteiger partial charge in [0.05, 0.1) is 0 Å². The minimum Gasteiger partial charge on any atom is -0.368 e. The van der Waals surface area contributed by atoms with Gasteiger partial charge in [-0.1, -0.05) is 12.1 Å². The van der Waals surface area contributed by atoms with Crippen LogP contribution >= 0.6 is 0 Å². The van der Waals surface area contributed by atoms with Crippen molar-refractivity contribution in [2.75, 3.05) is 17.2 Å². The molecule has 7 nitrogen and oxygen atoms in total. The number of nitrogens with two attached hydrogens (primary N) is 1. The summed E-state index contributed by atoms with van der Waals surface area (Å²) in [5, 5.41) is 2.93. The summed E-state index contributed by atoms with van der Waals surface area (Å²) in [5.74, 6) is 0.101. The highest BCUT2D eigenvalue weighted by atomic mass is 16.2. The zero-order valence-corrected chi connectivity index (χ0v) is 15.2. The Morgan fingerprint density at radius 1 is 1.07 bits per heavy atom. The quantitative estimate of drug-likeness (QED) is 0.863. The van der Waals surface area contributed by atoms with Crippen LogP contribution in [0.15, 0.2) is 24.3 Å². The molecule has 1 aromatic heterocycles. The standard InChI is InChI=1S/C20H23N5O2/c21-20-23-16-5-2-1-4-15(16)18(24-20)19(27)22-12-13-7-9-14(10-8-13)25-11-3-6-17(25)26/h7-10H,1-6,11-12H2,(H,22,27)(H2,21,23,24). The number of aromatic nitrogens is 2. The maximum Gasteiger partial charge on any atom is 0.270 e. The lowest BCUT2D eigenvalue weighted by molar-refractivity contribution is -0.117. The summed E-state index contributed by atoms with van der Waals surface area (Å²) in [5.41, 5.74) is 9.88.